The Morgan fingerprint density at radius 3 is 2.85 bits per heavy atom. The molecule has 0 unspecified atom stereocenters. The first-order valence-electron chi connectivity index (χ1n) is 7.10. The summed E-state index contributed by atoms with van der Waals surface area (Å²) in [6.07, 6.45) is 2.72. The quantitative estimate of drug-likeness (QED) is 0.837. The number of likely N-dealkylation sites (tertiary alicyclic amines) is 1. The molecule has 2 heterocycles. The highest BCUT2D eigenvalue weighted by Crippen LogP contribution is 2.37. The van der Waals surface area contributed by atoms with E-state index in [1.165, 1.54) is 0 Å². The van der Waals surface area contributed by atoms with Gasteiger partial charge in [0.15, 0.2) is 0 Å². The minimum atomic E-state index is -0.974. The molecule has 0 aliphatic carbocycles. The van der Waals surface area contributed by atoms with E-state index < -0.39 is 17.5 Å². The van der Waals surface area contributed by atoms with Gasteiger partial charge in [-0.25, -0.2) is 0 Å². The van der Waals surface area contributed by atoms with E-state index in [1.807, 2.05) is 20.0 Å². The third-order valence-corrected chi connectivity index (χ3v) is 4.37. The van der Waals surface area contributed by atoms with Crippen molar-refractivity contribution in [3.05, 3.63) is 18.0 Å². The van der Waals surface area contributed by atoms with Gasteiger partial charge in [-0.05, 0) is 25.5 Å². The summed E-state index contributed by atoms with van der Waals surface area (Å²) in [5.74, 6) is -0.868. The number of aliphatic hydroxyl groups is 1. The Kier molecular flexibility index (Phi) is 4.45. The predicted molar refractivity (Wildman–Crippen MR) is 74.1 cm³/mol. The highest BCUT2D eigenvalue weighted by Gasteiger charge is 2.47. The van der Waals surface area contributed by atoms with Crippen LogP contribution in [0.25, 0.3) is 0 Å². The third-order valence-electron chi connectivity index (χ3n) is 4.37. The summed E-state index contributed by atoms with van der Waals surface area (Å²) in [6.45, 7) is 3.74. The number of piperidine rings is 1. The van der Waals surface area contributed by atoms with Crippen LogP contribution in [0.2, 0.25) is 0 Å². The van der Waals surface area contributed by atoms with Crippen LogP contribution in [0.15, 0.2) is 12.3 Å². The number of aliphatic carboxylic acids is 1. The number of carbonyl (C=O) groups is 1. The van der Waals surface area contributed by atoms with Gasteiger partial charge in [-0.15, -0.1) is 0 Å². The van der Waals surface area contributed by atoms with E-state index in [0.29, 0.717) is 32.5 Å². The number of hydrogen-bond acceptors (Lipinski definition) is 4. The zero-order valence-corrected chi connectivity index (χ0v) is 12.1. The SMILES string of the molecule is CCC[C@]1(C(=O)O)CCN(Cc2ccnn2C)C[C@H]1O. The number of β-amino-alcohol motifs (C(OH)–C–C–N with tert-alkyl or cyclic N) is 1. The first-order valence-corrected chi connectivity index (χ1v) is 7.10. The lowest BCUT2D eigenvalue weighted by Gasteiger charge is -2.42. The molecule has 6 heteroatoms. The van der Waals surface area contributed by atoms with Crippen molar-refractivity contribution in [1.82, 2.24) is 14.7 Å². The fraction of sp³-hybridized carbons (Fsp3) is 0.714. The molecule has 20 heavy (non-hydrogen) atoms. The van der Waals surface area contributed by atoms with Crippen molar-refractivity contribution in [2.24, 2.45) is 12.5 Å². The van der Waals surface area contributed by atoms with Crippen LogP contribution in [0.5, 0.6) is 0 Å². The number of aromatic nitrogens is 2. The molecule has 0 radical (unpaired) electrons. The van der Waals surface area contributed by atoms with Crippen molar-refractivity contribution < 1.29 is 15.0 Å². The second-order valence-electron chi connectivity index (χ2n) is 5.66. The van der Waals surface area contributed by atoms with E-state index in [1.54, 1.807) is 10.9 Å². The van der Waals surface area contributed by atoms with Crippen molar-refractivity contribution in [2.75, 3.05) is 13.1 Å². The molecule has 1 saturated heterocycles. The average Bonchev–Trinajstić information content (AvgIpc) is 2.78. The first-order chi connectivity index (χ1) is 9.49. The lowest BCUT2D eigenvalue weighted by Crippen LogP contribution is -2.54. The fourth-order valence-electron chi connectivity index (χ4n) is 3.06. The Morgan fingerprint density at radius 2 is 2.35 bits per heavy atom. The third kappa shape index (κ3) is 2.71. The Balaban J connectivity index is 2.04. The molecule has 2 rings (SSSR count). The standard InChI is InChI=1S/C14H23N3O3/c1-3-5-14(13(19)20)6-8-17(10-12(14)18)9-11-4-7-15-16(11)2/h4,7,12,18H,3,5-6,8-10H2,1-2H3,(H,19,20)/t12-,14+/m1/s1. The zero-order chi connectivity index (χ0) is 14.8. The summed E-state index contributed by atoms with van der Waals surface area (Å²) in [5, 5.41) is 23.9. The minimum Gasteiger partial charge on any atom is -0.481 e. The smallest absolute Gasteiger partial charge is 0.312 e. The fourth-order valence-corrected chi connectivity index (χ4v) is 3.06. The van der Waals surface area contributed by atoms with E-state index in [2.05, 4.69) is 10.00 Å². The topological polar surface area (TPSA) is 78.6 Å². The van der Waals surface area contributed by atoms with Crippen molar-refractivity contribution in [1.29, 1.82) is 0 Å². The highest BCUT2D eigenvalue weighted by molar-refractivity contribution is 5.75. The molecule has 1 aromatic rings. The number of rotatable bonds is 5. The van der Waals surface area contributed by atoms with Crippen molar-refractivity contribution in [3.8, 4) is 0 Å². The molecule has 6 nitrogen and oxygen atoms in total. The van der Waals surface area contributed by atoms with Gasteiger partial charge in [0.25, 0.3) is 0 Å². The Morgan fingerprint density at radius 1 is 1.60 bits per heavy atom. The molecule has 0 bridgehead atoms. The maximum atomic E-state index is 11.6. The van der Waals surface area contributed by atoms with Gasteiger partial charge < -0.3 is 10.2 Å². The van der Waals surface area contributed by atoms with Crippen LogP contribution < -0.4 is 0 Å². The summed E-state index contributed by atoms with van der Waals surface area (Å²) in [5.41, 5.74) is 0.0908. The van der Waals surface area contributed by atoms with E-state index in [9.17, 15) is 15.0 Å². The van der Waals surface area contributed by atoms with Crippen LogP contribution in [0, 0.1) is 5.41 Å². The van der Waals surface area contributed by atoms with Gasteiger partial charge in [0.2, 0.25) is 0 Å². The summed E-state index contributed by atoms with van der Waals surface area (Å²) in [6, 6.07) is 1.94. The molecule has 112 valence electrons. The van der Waals surface area contributed by atoms with Gasteiger partial charge in [0, 0.05) is 26.3 Å². The van der Waals surface area contributed by atoms with Gasteiger partial charge in [-0.3, -0.25) is 14.4 Å². The molecule has 1 aromatic heterocycles. The van der Waals surface area contributed by atoms with E-state index in [0.717, 1.165) is 12.1 Å². The molecule has 2 atom stereocenters. The van der Waals surface area contributed by atoms with Gasteiger partial charge in [0.05, 0.1) is 17.2 Å². The maximum Gasteiger partial charge on any atom is 0.312 e. The number of hydrogen-bond donors (Lipinski definition) is 2. The zero-order valence-electron chi connectivity index (χ0n) is 12.1. The number of carboxylic acids is 1. The second kappa shape index (κ2) is 5.93. The highest BCUT2D eigenvalue weighted by atomic mass is 16.4. The monoisotopic (exact) mass is 281 g/mol. The maximum absolute atomic E-state index is 11.6. The Bertz CT molecular complexity index is 474. The van der Waals surface area contributed by atoms with Gasteiger partial charge in [-0.2, -0.15) is 5.10 Å². The summed E-state index contributed by atoms with van der Waals surface area (Å²) in [4.78, 5) is 13.7. The number of aliphatic hydroxyl groups excluding tert-OH is 1. The van der Waals surface area contributed by atoms with Crippen LogP contribution in [-0.2, 0) is 18.4 Å². The normalized spacial score (nSPS) is 27.6. The second-order valence-corrected chi connectivity index (χ2v) is 5.66. The number of nitrogens with zero attached hydrogens (tertiary/aromatic N) is 3. The van der Waals surface area contributed by atoms with Crippen LogP contribution in [0.1, 0.15) is 31.9 Å². The van der Waals surface area contributed by atoms with Gasteiger partial charge in [-0.1, -0.05) is 13.3 Å². The van der Waals surface area contributed by atoms with Crippen molar-refractivity contribution in [2.45, 2.75) is 38.8 Å². The molecule has 1 aliphatic rings. The molecular formula is C14H23N3O3. The van der Waals surface area contributed by atoms with E-state index in [4.69, 9.17) is 0 Å². The molecule has 0 saturated carbocycles. The van der Waals surface area contributed by atoms with Crippen molar-refractivity contribution in [3.63, 3.8) is 0 Å². The molecule has 1 fully saturated rings. The predicted octanol–water partition coefficient (Wildman–Crippen LogP) is 0.858. The Labute approximate surface area is 119 Å². The minimum absolute atomic E-state index is 0.400. The van der Waals surface area contributed by atoms with E-state index in [-0.39, 0.29) is 0 Å². The van der Waals surface area contributed by atoms with E-state index >= 15 is 0 Å². The number of aryl methyl sites for hydroxylation is 1. The molecular weight excluding hydrogens is 258 g/mol. The average molecular weight is 281 g/mol. The molecule has 0 aromatic carbocycles. The largest absolute Gasteiger partial charge is 0.481 e. The lowest BCUT2D eigenvalue weighted by atomic mass is 9.73. The van der Waals surface area contributed by atoms with Crippen LogP contribution in [-0.4, -0.2) is 50.1 Å². The van der Waals surface area contributed by atoms with Crippen LogP contribution in [0.4, 0.5) is 0 Å². The molecule has 1 aliphatic heterocycles. The van der Waals surface area contributed by atoms with Gasteiger partial charge >= 0.3 is 5.97 Å². The lowest BCUT2D eigenvalue weighted by molar-refractivity contribution is -0.164. The summed E-state index contributed by atoms with van der Waals surface area (Å²) in [7, 11) is 1.88. The van der Waals surface area contributed by atoms with Crippen LogP contribution >= 0.6 is 0 Å². The Hall–Kier alpha value is -1.40. The molecule has 0 spiro atoms. The van der Waals surface area contributed by atoms with Gasteiger partial charge in [0.1, 0.15) is 0 Å². The summed E-state index contributed by atoms with van der Waals surface area (Å²) >= 11 is 0. The molecule has 2 N–H and O–H groups in total. The van der Waals surface area contributed by atoms with Crippen molar-refractivity contribution >= 4 is 5.97 Å². The molecule has 0 amide bonds. The first kappa shape index (κ1) is 15.0. The number of carboxylic acid groups (broad SMARTS) is 1. The summed E-state index contributed by atoms with van der Waals surface area (Å²) < 4.78 is 1.80. The van der Waals surface area contributed by atoms with Crippen LogP contribution in [0.3, 0.4) is 0 Å².